The van der Waals surface area contributed by atoms with Crippen molar-refractivity contribution in [3.8, 4) is 5.75 Å². The number of rotatable bonds is 6. The molecule has 156 valence electrons. The second kappa shape index (κ2) is 11.6. The van der Waals surface area contributed by atoms with E-state index in [4.69, 9.17) is 10.5 Å². The number of hydrogen-bond donors (Lipinski definition) is 1. The molecule has 1 unspecified atom stereocenters. The summed E-state index contributed by atoms with van der Waals surface area (Å²) >= 11 is 1.51. The topological polar surface area (TPSA) is 71.7 Å². The summed E-state index contributed by atoms with van der Waals surface area (Å²) in [6.07, 6.45) is 0.726. The third-order valence-corrected chi connectivity index (χ3v) is 5.76. The van der Waals surface area contributed by atoms with Gasteiger partial charge in [-0.25, -0.2) is 4.98 Å². The molecular weight excluding hydrogens is 419 g/mol. The van der Waals surface area contributed by atoms with Crippen molar-refractivity contribution in [2.24, 2.45) is 5.73 Å². The Bertz CT molecular complexity index is 751. The van der Waals surface area contributed by atoms with E-state index in [9.17, 15) is 4.79 Å². The van der Waals surface area contributed by atoms with E-state index < -0.39 is 0 Å². The molecule has 6 nitrogen and oxygen atoms in total. The van der Waals surface area contributed by atoms with Crippen LogP contribution in [0.2, 0.25) is 0 Å². The number of benzene rings is 1. The van der Waals surface area contributed by atoms with Crippen LogP contribution in [0, 0.1) is 0 Å². The zero-order valence-corrected chi connectivity index (χ0v) is 18.6. The minimum Gasteiger partial charge on any atom is -0.497 e. The predicted molar refractivity (Wildman–Crippen MR) is 118 cm³/mol. The molecule has 1 fully saturated rings. The van der Waals surface area contributed by atoms with Gasteiger partial charge in [0.25, 0.3) is 5.91 Å². The van der Waals surface area contributed by atoms with Crippen LogP contribution in [-0.4, -0.2) is 60.5 Å². The molecule has 0 aliphatic carbocycles. The van der Waals surface area contributed by atoms with Gasteiger partial charge >= 0.3 is 0 Å². The van der Waals surface area contributed by atoms with Gasteiger partial charge in [-0.15, -0.1) is 36.2 Å². The lowest BCUT2D eigenvalue weighted by atomic mass is 10.1. The Labute approximate surface area is 182 Å². The molecule has 1 atom stereocenters. The van der Waals surface area contributed by atoms with Gasteiger partial charge in [-0.3, -0.25) is 9.69 Å². The Balaban J connectivity index is 0.00000196. The molecule has 2 aromatic rings. The largest absolute Gasteiger partial charge is 0.497 e. The van der Waals surface area contributed by atoms with Crippen LogP contribution in [0.4, 0.5) is 0 Å². The van der Waals surface area contributed by atoms with Crippen LogP contribution in [0.5, 0.6) is 5.75 Å². The second-order valence-electron chi connectivity index (χ2n) is 6.45. The first-order chi connectivity index (χ1) is 12.6. The fraction of sp³-hybridized carbons (Fsp3) is 0.474. The first-order valence-electron chi connectivity index (χ1n) is 8.94. The van der Waals surface area contributed by atoms with Crippen LogP contribution >= 0.6 is 36.2 Å². The Morgan fingerprint density at radius 1 is 1.29 bits per heavy atom. The monoisotopic (exact) mass is 446 g/mol. The molecule has 9 heteroatoms. The normalized spacial score (nSPS) is 15.3. The number of thiazole rings is 1. The number of halogens is 2. The number of hydrogen-bond acceptors (Lipinski definition) is 6. The number of ether oxygens (including phenoxy) is 1. The number of carbonyl (C=O) groups excluding carboxylic acids is 1. The van der Waals surface area contributed by atoms with Crippen molar-refractivity contribution in [1.29, 1.82) is 0 Å². The van der Waals surface area contributed by atoms with E-state index in [0.29, 0.717) is 12.2 Å². The minimum atomic E-state index is 0. The average molecular weight is 447 g/mol. The summed E-state index contributed by atoms with van der Waals surface area (Å²) in [6.45, 7) is 5.90. The molecule has 0 spiro atoms. The molecule has 2 N–H and O–H groups in total. The molecule has 1 aromatic carbocycles. The maximum absolute atomic E-state index is 12.7. The van der Waals surface area contributed by atoms with Crippen molar-refractivity contribution in [1.82, 2.24) is 14.8 Å². The van der Waals surface area contributed by atoms with Gasteiger partial charge in [0.05, 0.1) is 12.1 Å². The van der Waals surface area contributed by atoms with Gasteiger partial charge in [-0.2, -0.15) is 0 Å². The van der Waals surface area contributed by atoms with E-state index >= 15 is 0 Å². The van der Waals surface area contributed by atoms with Gasteiger partial charge in [0, 0.05) is 44.0 Å². The lowest BCUT2D eigenvalue weighted by molar-refractivity contribution is 0.0577. The lowest BCUT2D eigenvalue weighted by Gasteiger charge is -2.38. The number of nitrogens with two attached hydrogens (primary N) is 1. The van der Waals surface area contributed by atoms with Crippen molar-refractivity contribution in [2.75, 3.05) is 39.8 Å². The van der Waals surface area contributed by atoms with Gasteiger partial charge in [-0.1, -0.05) is 12.1 Å². The van der Waals surface area contributed by atoms with Gasteiger partial charge in [0.2, 0.25) is 0 Å². The second-order valence-corrected chi connectivity index (χ2v) is 7.39. The van der Waals surface area contributed by atoms with Gasteiger partial charge < -0.3 is 15.4 Å². The van der Waals surface area contributed by atoms with E-state index in [1.165, 1.54) is 16.9 Å². The average Bonchev–Trinajstić information content (AvgIpc) is 3.16. The molecule has 1 aliphatic heterocycles. The number of methoxy groups -OCH3 is 1. The number of amides is 1. The number of carbonyl (C=O) groups is 1. The Morgan fingerprint density at radius 2 is 2.00 bits per heavy atom. The number of aromatic nitrogens is 1. The maximum atomic E-state index is 12.7. The highest BCUT2D eigenvalue weighted by molar-refractivity contribution is 7.09. The SMILES string of the molecule is COc1cccc(C(C)N2CCN(C(=O)c3csc(CCN)n3)CC2)c1.Cl.Cl. The summed E-state index contributed by atoms with van der Waals surface area (Å²) in [6, 6.07) is 8.47. The third kappa shape index (κ3) is 5.81. The standard InChI is InChI=1S/C19H26N4O2S.2ClH/c1-14(15-4-3-5-16(12-15)25-2)22-8-10-23(11-9-22)19(24)17-13-26-18(21-17)6-7-20;;/h3-5,12-14H,6-11,20H2,1-2H3;2*1H. The Morgan fingerprint density at radius 3 is 2.64 bits per heavy atom. The molecule has 3 rings (SSSR count). The van der Waals surface area contributed by atoms with E-state index in [1.54, 1.807) is 7.11 Å². The first-order valence-corrected chi connectivity index (χ1v) is 9.82. The summed E-state index contributed by atoms with van der Waals surface area (Å²) in [7, 11) is 1.69. The van der Waals surface area contributed by atoms with E-state index in [0.717, 1.165) is 43.4 Å². The first kappa shape index (κ1) is 24.7. The molecule has 1 saturated heterocycles. The van der Waals surface area contributed by atoms with Crippen molar-refractivity contribution < 1.29 is 9.53 Å². The Hall–Kier alpha value is -1.38. The summed E-state index contributed by atoms with van der Waals surface area (Å²) in [5.41, 5.74) is 7.34. The highest BCUT2D eigenvalue weighted by atomic mass is 35.5. The summed E-state index contributed by atoms with van der Waals surface area (Å²) < 4.78 is 5.32. The van der Waals surface area contributed by atoms with E-state index in [2.05, 4.69) is 28.9 Å². The van der Waals surface area contributed by atoms with Crippen LogP contribution in [0.25, 0.3) is 0 Å². The molecule has 1 aliphatic rings. The van der Waals surface area contributed by atoms with E-state index in [-0.39, 0.29) is 36.8 Å². The van der Waals surface area contributed by atoms with Crippen LogP contribution < -0.4 is 10.5 Å². The minimum absolute atomic E-state index is 0. The van der Waals surface area contributed by atoms with Gasteiger partial charge in [-0.05, 0) is 31.2 Å². The highest BCUT2D eigenvalue weighted by Gasteiger charge is 2.26. The highest BCUT2D eigenvalue weighted by Crippen LogP contribution is 2.25. The van der Waals surface area contributed by atoms with Gasteiger partial charge in [0.15, 0.2) is 0 Å². The van der Waals surface area contributed by atoms with Crippen LogP contribution in [0.1, 0.15) is 34.0 Å². The number of nitrogens with zero attached hydrogens (tertiary/aromatic N) is 3. The van der Waals surface area contributed by atoms with Crippen LogP contribution in [-0.2, 0) is 6.42 Å². The smallest absolute Gasteiger partial charge is 0.273 e. The molecule has 0 radical (unpaired) electrons. The fourth-order valence-corrected chi connectivity index (χ4v) is 4.02. The molecule has 0 bridgehead atoms. The summed E-state index contributed by atoms with van der Waals surface area (Å²) in [5.74, 6) is 0.901. The van der Waals surface area contributed by atoms with Gasteiger partial charge in [0.1, 0.15) is 11.4 Å². The zero-order chi connectivity index (χ0) is 18.5. The van der Waals surface area contributed by atoms with E-state index in [1.807, 2.05) is 22.4 Å². The summed E-state index contributed by atoms with van der Waals surface area (Å²) in [5, 5.41) is 2.78. The van der Waals surface area contributed by atoms with Crippen molar-refractivity contribution in [2.45, 2.75) is 19.4 Å². The van der Waals surface area contributed by atoms with Crippen molar-refractivity contribution in [3.63, 3.8) is 0 Å². The zero-order valence-electron chi connectivity index (χ0n) is 16.2. The van der Waals surface area contributed by atoms with Crippen LogP contribution in [0.15, 0.2) is 29.6 Å². The molecule has 1 aromatic heterocycles. The molecule has 0 saturated carbocycles. The predicted octanol–water partition coefficient (Wildman–Crippen LogP) is 3.02. The van der Waals surface area contributed by atoms with Crippen molar-refractivity contribution in [3.05, 3.63) is 45.9 Å². The third-order valence-electron chi connectivity index (χ3n) is 4.85. The quantitative estimate of drug-likeness (QED) is 0.737. The lowest BCUT2D eigenvalue weighted by Crippen LogP contribution is -2.49. The number of piperazine rings is 1. The Kier molecular flexibility index (Phi) is 10.2. The fourth-order valence-electron chi connectivity index (χ4n) is 3.23. The van der Waals surface area contributed by atoms with Crippen LogP contribution in [0.3, 0.4) is 0 Å². The molecular formula is C19H28Cl2N4O2S. The summed E-state index contributed by atoms with van der Waals surface area (Å²) in [4.78, 5) is 21.4. The maximum Gasteiger partial charge on any atom is 0.273 e. The molecule has 2 heterocycles. The molecule has 28 heavy (non-hydrogen) atoms. The van der Waals surface area contributed by atoms with Crippen molar-refractivity contribution >= 4 is 42.1 Å². The molecule has 1 amide bonds.